The molecule has 1 aliphatic heterocycles. The monoisotopic (exact) mass is 496 g/mol. The van der Waals surface area contributed by atoms with Crippen molar-refractivity contribution in [3.8, 4) is 17.2 Å². The van der Waals surface area contributed by atoms with Crippen LogP contribution in [-0.2, 0) is 6.54 Å². The van der Waals surface area contributed by atoms with Crippen molar-refractivity contribution in [2.75, 3.05) is 18.5 Å². The topological polar surface area (TPSA) is 78.8 Å². The molecule has 1 N–H and O–H groups in total. The van der Waals surface area contributed by atoms with Gasteiger partial charge < -0.3 is 24.1 Å². The van der Waals surface area contributed by atoms with Crippen molar-refractivity contribution in [1.29, 1.82) is 0 Å². The van der Waals surface area contributed by atoms with Gasteiger partial charge in [0.1, 0.15) is 19.0 Å². The molecule has 1 aliphatic rings. The van der Waals surface area contributed by atoms with Gasteiger partial charge in [0.15, 0.2) is 11.5 Å². The first kappa shape index (κ1) is 23.3. The van der Waals surface area contributed by atoms with E-state index in [4.69, 9.17) is 9.47 Å². The summed E-state index contributed by atoms with van der Waals surface area (Å²) < 4.78 is 53.6. The van der Waals surface area contributed by atoms with Crippen molar-refractivity contribution in [3.05, 3.63) is 94.4 Å². The van der Waals surface area contributed by atoms with Gasteiger partial charge in [-0.25, -0.2) is 0 Å². The van der Waals surface area contributed by atoms with Crippen LogP contribution in [0.15, 0.2) is 77.7 Å². The summed E-state index contributed by atoms with van der Waals surface area (Å²) in [5.41, 5.74) is 1.07. The number of hydrogen-bond donors (Lipinski definition) is 1. The second kappa shape index (κ2) is 9.29. The van der Waals surface area contributed by atoms with E-state index in [2.05, 4.69) is 10.1 Å². The zero-order valence-electron chi connectivity index (χ0n) is 18.7. The third-order valence-electron chi connectivity index (χ3n) is 5.59. The number of para-hydroxylation sites is 1. The second-order valence-electron chi connectivity index (χ2n) is 7.99. The minimum atomic E-state index is -4.77. The van der Waals surface area contributed by atoms with Crippen LogP contribution in [0.25, 0.3) is 10.8 Å². The van der Waals surface area contributed by atoms with Crippen LogP contribution < -0.4 is 25.1 Å². The maximum atomic E-state index is 13.1. The SMILES string of the molecule is O=C(Nc1cccc2c(=O)n(Cc3ccc(OC(F)(F)F)cc3)ccc12)c1cccc2c1OCCO2. The molecule has 0 unspecified atom stereocenters. The number of aromatic nitrogens is 1. The Labute approximate surface area is 202 Å². The summed E-state index contributed by atoms with van der Waals surface area (Å²) >= 11 is 0. The Bertz CT molecular complexity index is 1500. The number of anilines is 1. The molecule has 10 heteroatoms. The minimum Gasteiger partial charge on any atom is -0.486 e. The molecule has 5 rings (SSSR count). The van der Waals surface area contributed by atoms with Gasteiger partial charge in [-0.05, 0) is 48.0 Å². The predicted octanol–water partition coefficient (Wildman–Crippen LogP) is 4.97. The Morgan fingerprint density at radius 2 is 1.69 bits per heavy atom. The highest BCUT2D eigenvalue weighted by Gasteiger charge is 2.31. The number of pyridine rings is 1. The summed E-state index contributed by atoms with van der Waals surface area (Å²) in [5.74, 6) is 0.118. The van der Waals surface area contributed by atoms with Gasteiger partial charge in [-0.2, -0.15) is 0 Å². The third kappa shape index (κ3) is 4.83. The van der Waals surface area contributed by atoms with E-state index >= 15 is 0 Å². The van der Waals surface area contributed by atoms with E-state index in [1.165, 1.54) is 28.8 Å². The number of halogens is 3. The fourth-order valence-corrected chi connectivity index (χ4v) is 3.99. The molecule has 4 aromatic rings. The van der Waals surface area contributed by atoms with Crippen LogP contribution in [-0.4, -0.2) is 30.1 Å². The van der Waals surface area contributed by atoms with Gasteiger partial charge in [0.25, 0.3) is 11.5 Å². The lowest BCUT2D eigenvalue weighted by Gasteiger charge is -2.20. The molecular weight excluding hydrogens is 477 g/mol. The molecule has 0 saturated carbocycles. The normalized spacial score (nSPS) is 12.9. The molecule has 0 bridgehead atoms. The highest BCUT2D eigenvalue weighted by molar-refractivity contribution is 6.10. The molecule has 0 aliphatic carbocycles. The molecule has 0 spiro atoms. The van der Waals surface area contributed by atoms with E-state index in [1.54, 1.807) is 48.7 Å². The summed E-state index contributed by atoms with van der Waals surface area (Å²) in [4.78, 5) is 26.2. The summed E-state index contributed by atoms with van der Waals surface area (Å²) in [6.07, 6.45) is -3.20. The molecular formula is C26H19F3N2O5. The van der Waals surface area contributed by atoms with Crippen LogP contribution in [0.1, 0.15) is 15.9 Å². The van der Waals surface area contributed by atoms with Crippen molar-refractivity contribution in [2.45, 2.75) is 12.9 Å². The maximum absolute atomic E-state index is 13.1. The average Bonchev–Trinajstić information content (AvgIpc) is 2.86. The Hall–Kier alpha value is -4.47. The van der Waals surface area contributed by atoms with Crippen LogP contribution in [0.3, 0.4) is 0 Å². The molecule has 7 nitrogen and oxygen atoms in total. The molecule has 3 aromatic carbocycles. The summed E-state index contributed by atoms with van der Waals surface area (Å²) in [6, 6.07) is 17.1. The van der Waals surface area contributed by atoms with Crippen molar-refractivity contribution in [2.24, 2.45) is 0 Å². The first-order chi connectivity index (χ1) is 17.3. The van der Waals surface area contributed by atoms with Crippen LogP contribution >= 0.6 is 0 Å². The van der Waals surface area contributed by atoms with E-state index in [-0.39, 0.29) is 17.9 Å². The molecule has 2 heterocycles. The molecule has 0 radical (unpaired) electrons. The first-order valence-corrected chi connectivity index (χ1v) is 11.0. The quantitative estimate of drug-likeness (QED) is 0.422. The zero-order valence-corrected chi connectivity index (χ0v) is 18.7. The third-order valence-corrected chi connectivity index (χ3v) is 5.59. The van der Waals surface area contributed by atoms with Gasteiger partial charge in [-0.3, -0.25) is 9.59 Å². The fourth-order valence-electron chi connectivity index (χ4n) is 3.99. The number of hydrogen-bond acceptors (Lipinski definition) is 5. The standard InChI is InChI=1S/C26H19F3N2O5/c27-26(28,29)36-17-9-7-16(8-10-17)15-31-12-11-18-19(25(31)33)3-1-5-21(18)30-24(32)20-4-2-6-22-23(20)35-14-13-34-22/h1-12H,13-15H2,(H,30,32). The number of carbonyl (C=O) groups excluding carboxylic acids is 1. The number of fused-ring (bicyclic) bond motifs is 2. The number of carbonyl (C=O) groups is 1. The minimum absolute atomic E-state index is 0.144. The number of rotatable bonds is 5. The largest absolute Gasteiger partial charge is 0.573 e. The van der Waals surface area contributed by atoms with Crippen LogP contribution in [0.5, 0.6) is 17.2 Å². The molecule has 36 heavy (non-hydrogen) atoms. The van der Waals surface area contributed by atoms with E-state index in [9.17, 15) is 22.8 Å². The Morgan fingerprint density at radius 1 is 0.944 bits per heavy atom. The summed E-state index contributed by atoms with van der Waals surface area (Å²) in [6.45, 7) is 0.882. The highest BCUT2D eigenvalue weighted by Crippen LogP contribution is 2.34. The molecule has 0 fully saturated rings. The molecule has 1 amide bonds. The van der Waals surface area contributed by atoms with Crippen LogP contribution in [0.2, 0.25) is 0 Å². The Kier molecular flexibility index (Phi) is 6.01. The van der Waals surface area contributed by atoms with Gasteiger partial charge in [0, 0.05) is 22.7 Å². The number of amides is 1. The van der Waals surface area contributed by atoms with Crippen LogP contribution in [0, 0.1) is 0 Å². The maximum Gasteiger partial charge on any atom is 0.573 e. The fraction of sp³-hybridized carbons (Fsp3) is 0.154. The van der Waals surface area contributed by atoms with Gasteiger partial charge in [0.2, 0.25) is 0 Å². The highest BCUT2D eigenvalue weighted by atomic mass is 19.4. The van der Waals surface area contributed by atoms with Gasteiger partial charge in [0.05, 0.1) is 12.1 Å². The number of alkyl halides is 3. The Morgan fingerprint density at radius 3 is 2.47 bits per heavy atom. The number of nitrogens with one attached hydrogen (secondary N) is 1. The van der Waals surface area contributed by atoms with Crippen molar-refractivity contribution in [1.82, 2.24) is 4.57 Å². The molecule has 0 atom stereocenters. The van der Waals surface area contributed by atoms with E-state index in [0.29, 0.717) is 52.3 Å². The van der Waals surface area contributed by atoms with Gasteiger partial charge in [-0.15, -0.1) is 13.2 Å². The lowest BCUT2D eigenvalue weighted by Crippen LogP contribution is -2.22. The molecule has 1 aromatic heterocycles. The zero-order chi connectivity index (χ0) is 25.3. The number of ether oxygens (including phenoxy) is 3. The first-order valence-electron chi connectivity index (χ1n) is 11.0. The number of nitrogens with zero attached hydrogens (tertiary/aromatic N) is 1. The van der Waals surface area contributed by atoms with Crippen molar-refractivity contribution in [3.63, 3.8) is 0 Å². The molecule has 184 valence electrons. The average molecular weight is 496 g/mol. The van der Waals surface area contributed by atoms with Crippen LogP contribution in [0.4, 0.5) is 18.9 Å². The van der Waals surface area contributed by atoms with Gasteiger partial charge in [-0.1, -0.05) is 24.3 Å². The van der Waals surface area contributed by atoms with Gasteiger partial charge >= 0.3 is 6.36 Å². The Balaban J connectivity index is 1.39. The molecule has 0 saturated heterocycles. The summed E-state index contributed by atoms with van der Waals surface area (Å²) in [5, 5.41) is 3.77. The smallest absolute Gasteiger partial charge is 0.486 e. The summed E-state index contributed by atoms with van der Waals surface area (Å²) in [7, 11) is 0. The lowest BCUT2D eigenvalue weighted by atomic mass is 10.1. The second-order valence-corrected chi connectivity index (χ2v) is 7.99. The number of benzene rings is 3. The van der Waals surface area contributed by atoms with E-state index in [1.807, 2.05) is 0 Å². The van der Waals surface area contributed by atoms with Crippen molar-refractivity contribution < 1.29 is 32.2 Å². The predicted molar refractivity (Wildman–Crippen MR) is 126 cm³/mol. The van der Waals surface area contributed by atoms with E-state index in [0.717, 1.165) is 0 Å². The van der Waals surface area contributed by atoms with Crippen molar-refractivity contribution >= 4 is 22.4 Å². The lowest BCUT2D eigenvalue weighted by molar-refractivity contribution is -0.274. The van der Waals surface area contributed by atoms with E-state index < -0.39 is 12.3 Å².